The van der Waals surface area contributed by atoms with Gasteiger partial charge >= 0.3 is 0 Å². The summed E-state index contributed by atoms with van der Waals surface area (Å²) in [5.74, 6) is -0.136. The minimum atomic E-state index is -0.136. The summed E-state index contributed by atoms with van der Waals surface area (Å²) in [4.78, 5) is 17.3. The van der Waals surface area contributed by atoms with E-state index >= 15 is 0 Å². The molecular weight excluding hydrogens is 390 g/mol. The van der Waals surface area contributed by atoms with E-state index in [0.717, 1.165) is 27.5 Å². The molecule has 0 radical (unpaired) electrons. The van der Waals surface area contributed by atoms with E-state index < -0.39 is 0 Å². The lowest BCUT2D eigenvalue weighted by Gasteiger charge is -2.10. The van der Waals surface area contributed by atoms with Crippen LogP contribution in [0.5, 0.6) is 0 Å². The summed E-state index contributed by atoms with van der Waals surface area (Å²) in [6, 6.07) is 19.5. The Balaban J connectivity index is 1.52. The number of benzene rings is 2. The van der Waals surface area contributed by atoms with E-state index in [1.165, 1.54) is 0 Å². The largest absolute Gasteiger partial charge is 0.336 e. The molecule has 4 rings (SSSR count). The third kappa shape index (κ3) is 4.01. The quantitative estimate of drug-likeness (QED) is 0.449. The number of carbonyl (C=O) groups excluding carboxylic acids is 1. The molecule has 6 heteroatoms. The van der Waals surface area contributed by atoms with Crippen molar-refractivity contribution in [3.63, 3.8) is 0 Å². The number of hydrogen-bond donors (Lipinski definition) is 1. The maximum atomic E-state index is 12.5. The highest BCUT2D eigenvalue weighted by Crippen LogP contribution is 2.29. The number of hydrogen-bond acceptors (Lipinski definition) is 3. The van der Waals surface area contributed by atoms with Crippen LogP contribution in [0, 0.1) is 6.92 Å². The molecule has 0 unspecified atom stereocenters. The first kappa shape index (κ1) is 18.5. The zero-order valence-corrected chi connectivity index (χ0v) is 16.8. The van der Waals surface area contributed by atoms with Crippen LogP contribution < -0.4 is 5.32 Å². The number of aryl methyl sites for hydroxylation is 1. The highest BCUT2D eigenvalue weighted by atomic mass is 35.5. The summed E-state index contributed by atoms with van der Waals surface area (Å²) in [6.07, 6.45) is 1.88. The van der Waals surface area contributed by atoms with Crippen molar-refractivity contribution in [2.75, 3.05) is 5.32 Å². The van der Waals surface area contributed by atoms with Crippen LogP contribution in [-0.4, -0.2) is 15.5 Å². The predicted octanol–water partition coefficient (Wildman–Crippen LogP) is 5.88. The average Bonchev–Trinajstić information content (AvgIpc) is 3.34. The summed E-state index contributed by atoms with van der Waals surface area (Å²) in [7, 11) is 0. The van der Waals surface area contributed by atoms with Gasteiger partial charge in [-0.05, 0) is 36.8 Å². The molecule has 2 aromatic heterocycles. The maximum Gasteiger partial charge on any atom is 0.244 e. The van der Waals surface area contributed by atoms with Gasteiger partial charge in [0.05, 0.1) is 22.1 Å². The molecule has 0 saturated heterocycles. The summed E-state index contributed by atoms with van der Waals surface area (Å²) in [5, 5.41) is 6.33. The number of aromatic nitrogens is 2. The minimum absolute atomic E-state index is 0.136. The number of rotatable bonds is 5. The Hall–Kier alpha value is -2.89. The molecule has 2 aromatic carbocycles. The average molecular weight is 408 g/mol. The number of nitrogens with zero attached hydrogens (tertiary/aromatic N) is 2. The van der Waals surface area contributed by atoms with Crippen molar-refractivity contribution in [2.45, 2.75) is 13.5 Å². The van der Waals surface area contributed by atoms with Gasteiger partial charge in [-0.25, -0.2) is 4.98 Å². The molecule has 140 valence electrons. The Labute approximate surface area is 172 Å². The van der Waals surface area contributed by atoms with Crippen LogP contribution in [0.2, 0.25) is 5.02 Å². The van der Waals surface area contributed by atoms with Gasteiger partial charge in [-0.15, -0.1) is 11.3 Å². The van der Waals surface area contributed by atoms with Gasteiger partial charge in [-0.2, -0.15) is 0 Å². The molecule has 0 atom stereocenters. The van der Waals surface area contributed by atoms with Gasteiger partial charge in [0.2, 0.25) is 5.91 Å². The minimum Gasteiger partial charge on any atom is -0.336 e. The number of amides is 1. The summed E-state index contributed by atoms with van der Waals surface area (Å²) >= 11 is 7.78. The topological polar surface area (TPSA) is 46.9 Å². The Morgan fingerprint density at radius 1 is 1.14 bits per heavy atom. The smallest absolute Gasteiger partial charge is 0.244 e. The van der Waals surface area contributed by atoms with Crippen molar-refractivity contribution in [1.29, 1.82) is 0 Å². The van der Waals surface area contributed by atoms with E-state index in [4.69, 9.17) is 16.6 Å². The van der Waals surface area contributed by atoms with Crippen molar-refractivity contribution >= 4 is 34.5 Å². The van der Waals surface area contributed by atoms with Crippen molar-refractivity contribution < 1.29 is 4.79 Å². The molecule has 0 aliphatic heterocycles. The van der Waals surface area contributed by atoms with E-state index in [2.05, 4.69) is 5.32 Å². The molecule has 0 aliphatic rings. The standard InChI is InChI=1S/C22H18ClN3OS/c1-15-9-10-18(17(23)12-15)24-21(27)13-26-11-5-8-20(26)22-25-19(14-28-22)16-6-3-2-4-7-16/h2-12,14H,13H2,1H3,(H,24,27). The number of halogens is 1. The third-order valence-electron chi connectivity index (χ3n) is 4.34. The zero-order chi connectivity index (χ0) is 19.5. The maximum absolute atomic E-state index is 12.5. The molecular formula is C22H18ClN3OS. The lowest BCUT2D eigenvalue weighted by Crippen LogP contribution is -2.19. The van der Waals surface area contributed by atoms with Crippen LogP contribution in [0.15, 0.2) is 72.2 Å². The van der Waals surface area contributed by atoms with E-state index in [1.54, 1.807) is 11.3 Å². The Bertz CT molecular complexity index is 1120. The fraction of sp³-hybridized carbons (Fsp3) is 0.0909. The molecule has 0 bridgehead atoms. The van der Waals surface area contributed by atoms with Gasteiger partial charge in [0.25, 0.3) is 0 Å². The van der Waals surface area contributed by atoms with Crippen molar-refractivity contribution in [1.82, 2.24) is 9.55 Å². The molecule has 0 saturated carbocycles. The van der Waals surface area contributed by atoms with E-state index in [9.17, 15) is 4.79 Å². The lowest BCUT2D eigenvalue weighted by atomic mass is 10.2. The molecule has 0 fully saturated rings. The SMILES string of the molecule is Cc1ccc(NC(=O)Cn2cccc2-c2nc(-c3ccccc3)cs2)c(Cl)c1. The second-order valence-corrected chi connectivity index (χ2v) is 7.72. The first-order chi connectivity index (χ1) is 13.6. The predicted molar refractivity (Wildman–Crippen MR) is 116 cm³/mol. The second kappa shape index (κ2) is 8.00. The Morgan fingerprint density at radius 2 is 1.96 bits per heavy atom. The molecule has 4 aromatic rings. The van der Waals surface area contributed by atoms with Gasteiger partial charge in [0.15, 0.2) is 0 Å². The first-order valence-electron chi connectivity index (χ1n) is 8.82. The fourth-order valence-corrected chi connectivity index (χ4v) is 4.10. The molecule has 1 N–H and O–H groups in total. The Kier molecular flexibility index (Phi) is 5.28. The van der Waals surface area contributed by atoms with Crippen molar-refractivity contribution in [3.8, 4) is 22.0 Å². The van der Waals surface area contributed by atoms with Crippen LogP contribution in [0.25, 0.3) is 22.0 Å². The molecule has 0 aliphatic carbocycles. The zero-order valence-electron chi connectivity index (χ0n) is 15.2. The molecule has 2 heterocycles. The normalized spacial score (nSPS) is 10.8. The highest BCUT2D eigenvalue weighted by molar-refractivity contribution is 7.13. The monoisotopic (exact) mass is 407 g/mol. The molecule has 4 nitrogen and oxygen atoms in total. The van der Waals surface area contributed by atoms with Gasteiger partial charge in [0, 0.05) is 17.1 Å². The van der Waals surface area contributed by atoms with Crippen molar-refractivity contribution in [3.05, 3.63) is 82.8 Å². The second-order valence-electron chi connectivity index (χ2n) is 6.46. The molecule has 28 heavy (non-hydrogen) atoms. The highest BCUT2D eigenvalue weighted by Gasteiger charge is 2.13. The third-order valence-corrected chi connectivity index (χ3v) is 5.51. The number of thiazole rings is 1. The Morgan fingerprint density at radius 3 is 2.75 bits per heavy atom. The van der Waals surface area contributed by atoms with E-state index in [-0.39, 0.29) is 12.5 Å². The van der Waals surface area contributed by atoms with Gasteiger partial charge in [-0.1, -0.05) is 48.0 Å². The summed E-state index contributed by atoms with van der Waals surface area (Å²) in [6.45, 7) is 2.15. The summed E-state index contributed by atoms with van der Waals surface area (Å²) < 4.78 is 1.89. The van der Waals surface area contributed by atoms with Gasteiger partial charge < -0.3 is 9.88 Å². The number of anilines is 1. The van der Waals surface area contributed by atoms with Crippen LogP contribution in [-0.2, 0) is 11.3 Å². The van der Waals surface area contributed by atoms with Crippen LogP contribution >= 0.6 is 22.9 Å². The molecule has 0 spiro atoms. The van der Waals surface area contributed by atoms with E-state index in [1.807, 2.05) is 83.7 Å². The summed E-state index contributed by atoms with van der Waals surface area (Å²) in [5.41, 5.74) is 4.59. The van der Waals surface area contributed by atoms with Crippen LogP contribution in [0.1, 0.15) is 5.56 Å². The van der Waals surface area contributed by atoms with Crippen LogP contribution in [0.3, 0.4) is 0 Å². The van der Waals surface area contributed by atoms with Crippen LogP contribution in [0.4, 0.5) is 5.69 Å². The van der Waals surface area contributed by atoms with Gasteiger partial charge in [0.1, 0.15) is 11.6 Å². The van der Waals surface area contributed by atoms with E-state index in [0.29, 0.717) is 10.7 Å². The van der Waals surface area contributed by atoms with Crippen molar-refractivity contribution in [2.24, 2.45) is 0 Å². The molecule has 1 amide bonds. The number of nitrogens with one attached hydrogen (secondary N) is 1. The van der Waals surface area contributed by atoms with Gasteiger partial charge in [-0.3, -0.25) is 4.79 Å². The number of carbonyl (C=O) groups is 1. The fourth-order valence-electron chi connectivity index (χ4n) is 2.94. The first-order valence-corrected chi connectivity index (χ1v) is 10.1. The lowest BCUT2D eigenvalue weighted by molar-refractivity contribution is -0.116.